The van der Waals surface area contributed by atoms with Crippen LogP contribution in [0.15, 0.2) is 24.3 Å². The minimum atomic E-state index is 0.647. The summed E-state index contributed by atoms with van der Waals surface area (Å²) in [4.78, 5) is 0. The third-order valence-corrected chi connectivity index (χ3v) is 4.69. The van der Waals surface area contributed by atoms with E-state index in [-0.39, 0.29) is 0 Å². The first-order valence-electron chi connectivity index (χ1n) is 6.95. The molecule has 0 bridgehead atoms. The maximum absolute atomic E-state index is 3.74. The van der Waals surface area contributed by atoms with Crippen molar-refractivity contribution in [2.24, 2.45) is 5.41 Å². The Bertz CT molecular complexity index is 400. The summed E-state index contributed by atoms with van der Waals surface area (Å²) in [6, 6.07) is 9.63. The van der Waals surface area contributed by atoms with E-state index in [2.05, 4.69) is 43.4 Å². The predicted molar refractivity (Wildman–Crippen MR) is 72.3 cm³/mol. The van der Waals surface area contributed by atoms with Gasteiger partial charge in [-0.05, 0) is 55.1 Å². The second-order valence-corrected chi connectivity index (χ2v) is 6.41. The molecule has 1 aromatic rings. The van der Waals surface area contributed by atoms with Crippen molar-refractivity contribution in [3.05, 3.63) is 35.4 Å². The molecule has 17 heavy (non-hydrogen) atoms. The molecule has 1 nitrogen and oxygen atoms in total. The summed E-state index contributed by atoms with van der Waals surface area (Å²) in [5.41, 5.74) is 3.68. The molecule has 0 amide bonds. The van der Waals surface area contributed by atoms with Crippen LogP contribution in [-0.2, 0) is 0 Å². The van der Waals surface area contributed by atoms with Crippen molar-refractivity contribution in [3.63, 3.8) is 0 Å². The van der Waals surface area contributed by atoms with Gasteiger partial charge >= 0.3 is 0 Å². The van der Waals surface area contributed by atoms with Crippen LogP contribution < -0.4 is 5.32 Å². The van der Waals surface area contributed by atoms with Crippen LogP contribution in [0.1, 0.15) is 49.7 Å². The summed E-state index contributed by atoms with van der Waals surface area (Å²) < 4.78 is 0. The minimum Gasteiger partial charge on any atom is -0.313 e. The van der Waals surface area contributed by atoms with E-state index in [9.17, 15) is 0 Å². The van der Waals surface area contributed by atoms with Gasteiger partial charge in [0.05, 0.1) is 0 Å². The second-order valence-electron chi connectivity index (χ2n) is 6.41. The molecule has 0 unspecified atom stereocenters. The molecule has 0 aromatic heterocycles. The number of benzene rings is 1. The number of rotatable bonds is 4. The van der Waals surface area contributed by atoms with Crippen molar-refractivity contribution >= 4 is 0 Å². The van der Waals surface area contributed by atoms with Crippen molar-refractivity contribution in [2.45, 2.75) is 51.5 Å². The van der Waals surface area contributed by atoms with Gasteiger partial charge in [-0.3, -0.25) is 0 Å². The second kappa shape index (κ2) is 4.13. The lowest BCUT2D eigenvalue weighted by molar-refractivity contribution is 0.274. The lowest BCUT2D eigenvalue weighted by Crippen LogP contribution is -2.42. The van der Waals surface area contributed by atoms with Gasteiger partial charge in [-0.1, -0.05) is 31.2 Å². The molecular weight excluding hydrogens is 206 g/mol. The molecule has 0 spiro atoms. The Kier molecular flexibility index (Phi) is 2.74. The Morgan fingerprint density at radius 2 is 1.94 bits per heavy atom. The van der Waals surface area contributed by atoms with Gasteiger partial charge in [-0.2, -0.15) is 0 Å². The standard InChI is InChI=1S/C16H23N/c1-12-5-3-4-6-15(12)13-9-14(10-13)17-11-16(2)7-8-16/h3-6,13-14,17H,7-11H2,1-2H3. The zero-order valence-electron chi connectivity index (χ0n) is 11.0. The molecule has 1 heteroatoms. The highest BCUT2D eigenvalue weighted by atomic mass is 14.9. The number of nitrogens with one attached hydrogen (secondary N) is 1. The first-order chi connectivity index (χ1) is 8.16. The number of aryl methyl sites for hydroxylation is 1. The van der Waals surface area contributed by atoms with Crippen LogP contribution in [-0.4, -0.2) is 12.6 Å². The summed E-state index contributed by atoms with van der Waals surface area (Å²) in [7, 11) is 0. The highest BCUT2D eigenvalue weighted by molar-refractivity contribution is 5.31. The lowest BCUT2D eigenvalue weighted by Gasteiger charge is -2.37. The van der Waals surface area contributed by atoms with Gasteiger partial charge in [0, 0.05) is 12.6 Å². The third kappa shape index (κ3) is 2.40. The van der Waals surface area contributed by atoms with E-state index in [1.165, 1.54) is 37.8 Å². The van der Waals surface area contributed by atoms with Crippen molar-refractivity contribution in [1.82, 2.24) is 5.32 Å². The van der Waals surface area contributed by atoms with Crippen LogP contribution in [0.3, 0.4) is 0 Å². The monoisotopic (exact) mass is 229 g/mol. The van der Waals surface area contributed by atoms with Gasteiger partial charge < -0.3 is 5.32 Å². The molecule has 0 atom stereocenters. The number of hydrogen-bond donors (Lipinski definition) is 1. The summed E-state index contributed by atoms with van der Waals surface area (Å²) in [6.07, 6.45) is 5.52. The van der Waals surface area contributed by atoms with E-state index in [4.69, 9.17) is 0 Å². The minimum absolute atomic E-state index is 0.647. The maximum Gasteiger partial charge on any atom is 0.00789 e. The SMILES string of the molecule is Cc1ccccc1C1CC(NCC2(C)CC2)C1. The molecule has 0 aliphatic heterocycles. The highest BCUT2D eigenvalue weighted by Crippen LogP contribution is 2.45. The normalized spacial score (nSPS) is 29.8. The van der Waals surface area contributed by atoms with E-state index < -0.39 is 0 Å². The van der Waals surface area contributed by atoms with Crippen molar-refractivity contribution in [1.29, 1.82) is 0 Å². The Labute approximate surface area is 105 Å². The Balaban J connectivity index is 1.49. The van der Waals surface area contributed by atoms with E-state index in [0.717, 1.165) is 12.0 Å². The average Bonchev–Trinajstić information content (AvgIpc) is 2.97. The van der Waals surface area contributed by atoms with Crippen LogP contribution in [0.25, 0.3) is 0 Å². The van der Waals surface area contributed by atoms with Gasteiger partial charge in [-0.15, -0.1) is 0 Å². The zero-order valence-corrected chi connectivity index (χ0v) is 11.0. The lowest BCUT2D eigenvalue weighted by atomic mass is 9.74. The summed E-state index contributed by atoms with van der Waals surface area (Å²) in [5.74, 6) is 0.806. The van der Waals surface area contributed by atoms with Gasteiger partial charge in [0.2, 0.25) is 0 Å². The fourth-order valence-electron chi connectivity index (χ4n) is 2.86. The molecule has 2 saturated carbocycles. The molecule has 3 rings (SSSR count). The maximum atomic E-state index is 3.74. The van der Waals surface area contributed by atoms with Crippen LogP contribution in [0.5, 0.6) is 0 Å². The quantitative estimate of drug-likeness (QED) is 0.831. The Morgan fingerprint density at radius 3 is 2.59 bits per heavy atom. The summed E-state index contributed by atoms with van der Waals surface area (Å²) >= 11 is 0. The largest absolute Gasteiger partial charge is 0.313 e. The predicted octanol–water partition coefficient (Wildman–Crippen LogP) is 3.63. The fraction of sp³-hybridized carbons (Fsp3) is 0.625. The van der Waals surface area contributed by atoms with Gasteiger partial charge in [0.15, 0.2) is 0 Å². The van der Waals surface area contributed by atoms with E-state index >= 15 is 0 Å². The van der Waals surface area contributed by atoms with Gasteiger partial charge in [0.25, 0.3) is 0 Å². The highest BCUT2D eigenvalue weighted by Gasteiger charge is 2.39. The molecule has 2 aliphatic rings. The molecule has 1 N–H and O–H groups in total. The van der Waals surface area contributed by atoms with Crippen LogP contribution >= 0.6 is 0 Å². The molecule has 1 aromatic carbocycles. The van der Waals surface area contributed by atoms with Crippen LogP contribution in [0, 0.1) is 12.3 Å². The topological polar surface area (TPSA) is 12.0 Å². The van der Waals surface area contributed by atoms with Crippen LogP contribution in [0.2, 0.25) is 0 Å². The Morgan fingerprint density at radius 1 is 1.24 bits per heavy atom. The number of hydrogen-bond acceptors (Lipinski definition) is 1. The molecule has 0 radical (unpaired) electrons. The zero-order chi connectivity index (χ0) is 11.9. The Hall–Kier alpha value is -0.820. The molecule has 0 saturated heterocycles. The van der Waals surface area contributed by atoms with Crippen molar-refractivity contribution < 1.29 is 0 Å². The summed E-state index contributed by atoms with van der Waals surface area (Å²) in [5, 5.41) is 3.74. The van der Waals surface area contributed by atoms with Crippen molar-refractivity contribution in [3.8, 4) is 0 Å². The first-order valence-corrected chi connectivity index (χ1v) is 6.95. The average molecular weight is 229 g/mol. The molecule has 2 fully saturated rings. The fourth-order valence-corrected chi connectivity index (χ4v) is 2.86. The molecule has 92 valence electrons. The molecular formula is C16H23N. The summed E-state index contributed by atoms with van der Waals surface area (Å²) in [6.45, 7) is 5.87. The van der Waals surface area contributed by atoms with E-state index in [0.29, 0.717) is 5.41 Å². The van der Waals surface area contributed by atoms with E-state index in [1.807, 2.05) is 0 Å². The van der Waals surface area contributed by atoms with Crippen molar-refractivity contribution in [2.75, 3.05) is 6.54 Å². The smallest absolute Gasteiger partial charge is 0.00789 e. The van der Waals surface area contributed by atoms with Gasteiger partial charge in [0.1, 0.15) is 0 Å². The van der Waals surface area contributed by atoms with Crippen LogP contribution in [0.4, 0.5) is 0 Å². The molecule has 0 heterocycles. The molecule has 2 aliphatic carbocycles. The van der Waals surface area contributed by atoms with E-state index in [1.54, 1.807) is 5.56 Å². The first kappa shape index (κ1) is 11.3. The van der Waals surface area contributed by atoms with Gasteiger partial charge in [-0.25, -0.2) is 0 Å². The third-order valence-electron chi connectivity index (χ3n) is 4.69.